The zero-order chi connectivity index (χ0) is 9.97. The first kappa shape index (κ1) is 9.68. The van der Waals surface area contributed by atoms with E-state index in [1.165, 1.54) is 0 Å². The Morgan fingerprint density at radius 1 is 1.36 bits per heavy atom. The summed E-state index contributed by atoms with van der Waals surface area (Å²) in [6.45, 7) is 0. The lowest BCUT2D eigenvalue weighted by molar-refractivity contribution is 0.416. The van der Waals surface area contributed by atoms with Crippen molar-refractivity contribution < 1.29 is 4.74 Å². The molecule has 1 heterocycles. The molecule has 72 valence electrons. The van der Waals surface area contributed by atoms with E-state index in [9.17, 15) is 0 Å². The van der Waals surface area contributed by atoms with Gasteiger partial charge in [0.25, 0.3) is 0 Å². The van der Waals surface area contributed by atoms with Gasteiger partial charge in [-0.05, 0) is 28.1 Å². The van der Waals surface area contributed by atoms with Crippen LogP contribution in [0.3, 0.4) is 0 Å². The maximum absolute atomic E-state index is 5.26. The van der Waals surface area contributed by atoms with Crippen molar-refractivity contribution in [3.63, 3.8) is 0 Å². The van der Waals surface area contributed by atoms with E-state index in [2.05, 4.69) is 20.9 Å². The molecule has 0 fully saturated rings. The van der Waals surface area contributed by atoms with Gasteiger partial charge in [0.05, 0.1) is 12.8 Å². The average Bonchev–Trinajstić information content (AvgIpc) is 2.65. The highest BCUT2D eigenvalue weighted by Gasteiger charge is 2.07. The number of benzene rings is 1. The number of rotatable bonds is 2. The maximum atomic E-state index is 5.26. The molecule has 14 heavy (non-hydrogen) atoms. The van der Waals surface area contributed by atoms with Crippen LogP contribution in [0.25, 0.3) is 11.3 Å². The second-order valence-electron chi connectivity index (χ2n) is 2.69. The van der Waals surface area contributed by atoms with E-state index in [0.717, 1.165) is 20.9 Å². The molecule has 2 aromatic rings. The summed E-state index contributed by atoms with van der Waals surface area (Å²) in [5.41, 5.74) is 1.97. The molecule has 0 N–H and O–H groups in total. The highest BCUT2D eigenvalue weighted by atomic mass is 79.9. The number of halogens is 1. The van der Waals surface area contributed by atoms with Gasteiger partial charge in [0.2, 0.25) is 0 Å². The van der Waals surface area contributed by atoms with Crippen molar-refractivity contribution in [3.8, 4) is 17.0 Å². The van der Waals surface area contributed by atoms with Crippen LogP contribution >= 0.6 is 27.3 Å². The number of aromatic nitrogens is 1. The molecule has 0 aliphatic carbocycles. The molecule has 0 saturated carbocycles. The van der Waals surface area contributed by atoms with Gasteiger partial charge in [-0.2, -0.15) is 0 Å². The number of hydrogen-bond donors (Lipinski definition) is 0. The van der Waals surface area contributed by atoms with Gasteiger partial charge < -0.3 is 4.74 Å². The molecular formula is C10H8BrNOS. The van der Waals surface area contributed by atoms with Gasteiger partial charge in [-0.1, -0.05) is 12.1 Å². The molecule has 4 heteroatoms. The number of para-hydroxylation sites is 1. The summed E-state index contributed by atoms with van der Waals surface area (Å²) in [6.07, 6.45) is 0. The largest absolute Gasteiger partial charge is 0.496 e. The van der Waals surface area contributed by atoms with Crippen LogP contribution in [0, 0.1) is 0 Å². The van der Waals surface area contributed by atoms with Crippen molar-refractivity contribution in [2.45, 2.75) is 0 Å². The first-order valence-electron chi connectivity index (χ1n) is 4.05. The summed E-state index contributed by atoms with van der Waals surface area (Å²) >= 11 is 4.91. The van der Waals surface area contributed by atoms with Crippen molar-refractivity contribution in [1.29, 1.82) is 0 Å². The average molecular weight is 270 g/mol. The van der Waals surface area contributed by atoms with Crippen LogP contribution in [-0.4, -0.2) is 12.1 Å². The van der Waals surface area contributed by atoms with Crippen molar-refractivity contribution in [3.05, 3.63) is 33.6 Å². The van der Waals surface area contributed by atoms with Gasteiger partial charge in [-0.15, -0.1) is 11.3 Å². The van der Waals surface area contributed by atoms with Crippen LogP contribution in [-0.2, 0) is 0 Å². The minimum Gasteiger partial charge on any atom is -0.496 e. The second-order valence-corrected chi connectivity index (χ2v) is 4.82. The van der Waals surface area contributed by atoms with Gasteiger partial charge >= 0.3 is 0 Å². The van der Waals surface area contributed by atoms with E-state index in [-0.39, 0.29) is 0 Å². The quantitative estimate of drug-likeness (QED) is 0.832. The molecule has 0 amide bonds. The van der Waals surface area contributed by atoms with Crippen LogP contribution in [0.15, 0.2) is 33.6 Å². The summed E-state index contributed by atoms with van der Waals surface area (Å²) < 4.78 is 6.15. The van der Waals surface area contributed by atoms with Crippen LogP contribution in [0.4, 0.5) is 0 Å². The Bertz CT molecular complexity index is 441. The monoisotopic (exact) mass is 269 g/mol. The van der Waals surface area contributed by atoms with Gasteiger partial charge in [-0.25, -0.2) is 4.98 Å². The Morgan fingerprint density at radius 3 is 2.79 bits per heavy atom. The Hall–Kier alpha value is -0.870. The molecule has 2 rings (SSSR count). The summed E-state index contributed by atoms with van der Waals surface area (Å²) in [6, 6.07) is 7.86. The second kappa shape index (κ2) is 4.11. The number of ether oxygens (including phenoxy) is 1. The molecule has 2 nitrogen and oxygen atoms in total. The van der Waals surface area contributed by atoms with E-state index < -0.39 is 0 Å². The molecule has 0 saturated heterocycles. The van der Waals surface area contributed by atoms with E-state index in [4.69, 9.17) is 4.74 Å². The fourth-order valence-corrected chi connectivity index (χ4v) is 2.24. The van der Waals surface area contributed by atoms with Crippen molar-refractivity contribution in [2.75, 3.05) is 7.11 Å². The lowest BCUT2D eigenvalue weighted by atomic mass is 10.1. The molecule has 1 aromatic carbocycles. The molecule has 0 spiro atoms. The van der Waals surface area contributed by atoms with Crippen LogP contribution in [0.1, 0.15) is 0 Å². The Balaban J connectivity index is 2.50. The van der Waals surface area contributed by atoms with Gasteiger partial charge in [-0.3, -0.25) is 0 Å². The number of nitrogens with zero attached hydrogens (tertiary/aromatic N) is 1. The van der Waals surface area contributed by atoms with Crippen molar-refractivity contribution in [1.82, 2.24) is 4.98 Å². The van der Waals surface area contributed by atoms with Crippen molar-refractivity contribution >= 4 is 27.3 Å². The lowest BCUT2D eigenvalue weighted by Crippen LogP contribution is -1.86. The number of thiazole rings is 1. The van der Waals surface area contributed by atoms with E-state index in [1.54, 1.807) is 18.4 Å². The molecule has 0 aliphatic rings. The van der Waals surface area contributed by atoms with Crippen LogP contribution < -0.4 is 4.74 Å². The van der Waals surface area contributed by atoms with Crippen LogP contribution in [0.2, 0.25) is 0 Å². The van der Waals surface area contributed by atoms with Gasteiger partial charge in [0.1, 0.15) is 5.75 Å². The summed E-state index contributed by atoms with van der Waals surface area (Å²) in [4.78, 5) is 4.34. The fraction of sp³-hybridized carbons (Fsp3) is 0.100. The zero-order valence-corrected chi connectivity index (χ0v) is 9.93. The van der Waals surface area contributed by atoms with Crippen LogP contribution in [0.5, 0.6) is 5.75 Å². The highest BCUT2D eigenvalue weighted by Crippen LogP contribution is 2.31. The van der Waals surface area contributed by atoms with Gasteiger partial charge in [0.15, 0.2) is 3.92 Å². The fourth-order valence-electron chi connectivity index (χ4n) is 1.23. The predicted molar refractivity (Wildman–Crippen MR) is 61.8 cm³/mol. The summed E-state index contributed by atoms with van der Waals surface area (Å²) in [5, 5.41) is 2.00. The molecule has 0 bridgehead atoms. The minimum absolute atomic E-state index is 0.852. The van der Waals surface area contributed by atoms with E-state index in [0.29, 0.717) is 0 Å². The Kier molecular flexibility index (Phi) is 2.84. The first-order chi connectivity index (χ1) is 6.81. The van der Waals surface area contributed by atoms with E-state index in [1.807, 2.05) is 29.6 Å². The number of hydrogen-bond acceptors (Lipinski definition) is 3. The highest BCUT2D eigenvalue weighted by molar-refractivity contribution is 9.11. The first-order valence-corrected chi connectivity index (χ1v) is 5.73. The maximum Gasteiger partial charge on any atom is 0.159 e. The van der Waals surface area contributed by atoms with E-state index >= 15 is 0 Å². The molecule has 0 atom stereocenters. The zero-order valence-electron chi connectivity index (χ0n) is 7.53. The smallest absolute Gasteiger partial charge is 0.159 e. The topological polar surface area (TPSA) is 22.1 Å². The third kappa shape index (κ3) is 1.81. The normalized spacial score (nSPS) is 10.1. The predicted octanol–water partition coefficient (Wildman–Crippen LogP) is 3.58. The Morgan fingerprint density at radius 2 is 2.14 bits per heavy atom. The summed E-state index contributed by atoms with van der Waals surface area (Å²) in [7, 11) is 1.67. The molecular weight excluding hydrogens is 262 g/mol. The Labute approximate surface area is 94.7 Å². The molecule has 0 unspecified atom stereocenters. The SMILES string of the molecule is COc1ccccc1-c1csc(Br)n1. The molecule has 0 radical (unpaired) electrons. The third-order valence-electron chi connectivity index (χ3n) is 1.86. The summed E-state index contributed by atoms with van der Waals surface area (Å²) in [5.74, 6) is 0.852. The lowest BCUT2D eigenvalue weighted by Gasteiger charge is -2.04. The number of methoxy groups -OCH3 is 1. The van der Waals surface area contributed by atoms with Crippen molar-refractivity contribution in [2.24, 2.45) is 0 Å². The van der Waals surface area contributed by atoms with Gasteiger partial charge in [0, 0.05) is 10.9 Å². The molecule has 1 aromatic heterocycles. The standard InChI is InChI=1S/C10H8BrNOS/c1-13-9-5-3-2-4-7(9)8-6-14-10(11)12-8/h2-6H,1H3. The molecule has 0 aliphatic heterocycles. The minimum atomic E-state index is 0.852. The third-order valence-corrected chi connectivity index (χ3v) is 3.22.